The second-order valence-corrected chi connectivity index (χ2v) is 8.61. The van der Waals surface area contributed by atoms with Gasteiger partial charge in [0.15, 0.2) is 0 Å². The van der Waals surface area contributed by atoms with E-state index < -0.39 is 10.0 Å². The van der Waals surface area contributed by atoms with Crippen LogP contribution in [0.25, 0.3) is 0 Å². The van der Waals surface area contributed by atoms with Crippen LogP contribution >= 0.6 is 11.3 Å². The number of aromatic nitrogens is 1. The van der Waals surface area contributed by atoms with Crippen LogP contribution in [0.2, 0.25) is 0 Å². The van der Waals surface area contributed by atoms with Crippen molar-refractivity contribution in [2.75, 3.05) is 0 Å². The third-order valence-electron chi connectivity index (χ3n) is 4.28. The minimum absolute atomic E-state index is 0.137. The smallest absolute Gasteiger partial charge is 0.229 e. The quantitative estimate of drug-likeness (QED) is 0.927. The molecule has 2 fully saturated rings. The Morgan fingerprint density at radius 3 is 2.56 bits per heavy atom. The fraction of sp³-hybridized carbons (Fsp3) is 0.750. The predicted molar refractivity (Wildman–Crippen MR) is 71.1 cm³/mol. The second-order valence-electron chi connectivity index (χ2n) is 5.52. The van der Waals surface area contributed by atoms with E-state index in [1.807, 2.05) is 13.8 Å². The predicted octanol–water partition coefficient (Wildman–Crippen LogP) is 2.23. The van der Waals surface area contributed by atoms with E-state index in [-0.39, 0.29) is 10.4 Å². The van der Waals surface area contributed by atoms with E-state index in [0.29, 0.717) is 5.92 Å². The highest BCUT2D eigenvalue weighted by Gasteiger charge is 2.41. The molecule has 3 atom stereocenters. The minimum Gasteiger partial charge on any atom is -0.229 e. The van der Waals surface area contributed by atoms with Gasteiger partial charge in [-0.05, 0) is 44.9 Å². The summed E-state index contributed by atoms with van der Waals surface area (Å²) in [6.45, 7) is 3.76. The molecule has 0 radical (unpaired) electrons. The molecule has 1 aromatic rings. The Morgan fingerprint density at radius 1 is 1.28 bits per heavy atom. The number of nitrogens with one attached hydrogen (secondary N) is 1. The van der Waals surface area contributed by atoms with E-state index in [0.717, 1.165) is 22.9 Å². The van der Waals surface area contributed by atoms with E-state index in [1.54, 1.807) is 0 Å². The van der Waals surface area contributed by atoms with Gasteiger partial charge in [0.25, 0.3) is 10.0 Å². The van der Waals surface area contributed by atoms with Crippen molar-refractivity contribution in [1.29, 1.82) is 0 Å². The number of thiazole rings is 1. The first-order valence-electron chi connectivity index (χ1n) is 6.42. The van der Waals surface area contributed by atoms with Crippen molar-refractivity contribution in [1.82, 2.24) is 9.71 Å². The molecule has 1 N–H and O–H groups in total. The van der Waals surface area contributed by atoms with Crippen molar-refractivity contribution in [3.05, 3.63) is 10.6 Å². The van der Waals surface area contributed by atoms with E-state index in [1.165, 1.54) is 30.6 Å². The summed E-state index contributed by atoms with van der Waals surface area (Å²) in [5.74, 6) is 1.29. The third-order valence-corrected chi connectivity index (χ3v) is 7.22. The van der Waals surface area contributed by atoms with Gasteiger partial charge in [0.2, 0.25) is 4.34 Å². The number of hydrogen-bond donors (Lipinski definition) is 1. The van der Waals surface area contributed by atoms with Crippen LogP contribution in [0.3, 0.4) is 0 Å². The Morgan fingerprint density at radius 2 is 2.06 bits per heavy atom. The topological polar surface area (TPSA) is 59.1 Å². The lowest BCUT2D eigenvalue weighted by molar-refractivity contribution is 0.390. The second kappa shape index (κ2) is 4.28. The van der Waals surface area contributed by atoms with E-state index >= 15 is 0 Å². The Labute approximate surface area is 112 Å². The summed E-state index contributed by atoms with van der Waals surface area (Å²) in [5, 5.41) is 0. The fourth-order valence-corrected chi connectivity index (χ4v) is 5.84. The summed E-state index contributed by atoms with van der Waals surface area (Å²) in [6, 6.07) is 0.137. The van der Waals surface area contributed by atoms with Crippen LogP contribution in [0.1, 0.15) is 36.3 Å². The molecule has 2 saturated carbocycles. The molecule has 6 heteroatoms. The molecule has 2 bridgehead atoms. The lowest BCUT2D eigenvalue weighted by atomic mass is 9.96. The van der Waals surface area contributed by atoms with Gasteiger partial charge in [0, 0.05) is 10.9 Å². The van der Waals surface area contributed by atoms with Crippen molar-refractivity contribution in [2.24, 2.45) is 11.8 Å². The first kappa shape index (κ1) is 12.6. The maximum absolute atomic E-state index is 12.3. The first-order valence-corrected chi connectivity index (χ1v) is 8.72. The molecular weight excluding hydrogens is 268 g/mol. The largest absolute Gasteiger partial charge is 0.268 e. The van der Waals surface area contributed by atoms with Gasteiger partial charge in [0.1, 0.15) is 0 Å². The number of rotatable bonds is 3. The lowest BCUT2D eigenvalue weighted by Crippen LogP contribution is -2.38. The van der Waals surface area contributed by atoms with Crippen molar-refractivity contribution < 1.29 is 8.42 Å². The minimum atomic E-state index is -3.41. The monoisotopic (exact) mass is 286 g/mol. The molecule has 0 saturated heterocycles. The number of aryl methyl sites for hydroxylation is 2. The summed E-state index contributed by atoms with van der Waals surface area (Å²) in [7, 11) is -3.41. The average molecular weight is 286 g/mol. The van der Waals surface area contributed by atoms with Gasteiger partial charge in [-0.3, -0.25) is 0 Å². The molecule has 1 aromatic heterocycles. The van der Waals surface area contributed by atoms with Crippen molar-refractivity contribution in [3.8, 4) is 0 Å². The zero-order chi connectivity index (χ0) is 12.9. The van der Waals surface area contributed by atoms with Crippen LogP contribution in [0.15, 0.2) is 4.34 Å². The molecule has 0 aromatic carbocycles. The molecule has 3 rings (SSSR count). The molecule has 0 amide bonds. The van der Waals surface area contributed by atoms with Gasteiger partial charge >= 0.3 is 0 Å². The number of hydrogen-bond acceptors (Lipinski definition) is 4. The number of fused-ring (bicyclic) bond motifs is 2. The third kappa shape index (κ3) is 2.10. The van der Waals surface area contributed by atoms with Crippen LogP contribution in [-0.2, 0) is 10.0 Å². The summed E-state index contributed by atoms with van der Waals surface area (Å²) in [5.41, 5.74) is 0.813. The Hall–Kier alpha value is -0.460. The van der Waals surface area contributed by atoms with E-state index in [9.17, 15) is 8.42 Å². The lowest BCUT2D eigenvalue weighted by Gasteiger charge is -2.21. The Balaban J connectivity index is 1.79. The van der Waals surface area contributed by atoms with Crippen LogP contribution < -0.4 is 4.72 Å². The molecule has 4 nitrogen and oxygen atoms in total. The normalized spacial score (nSPS) is 31.1. The van der Waals surface area contributed by atoms with Crippen LogP contribution in [0.4, 0.5) is 0 Å². The van der Waals surface area contributed by atoms with Gasteiger partial charge in [0.05, 0.1) is 5.69 Å². The molecule has 18 heavy (non-hydrogen) atoms. The molecular formula is C12H18N2O2S2. The molecule has 0 aliphatic heterocycles. The van der Waals surface area contributed by atoms with E-state index in [2.05, 4.69) is 9.71 Å². The number of sulfonamides is 1. The maximum Gasteiger partial charge on any atom is 0.268 e. The van der Waals surface area contributed by atoms with Gasteiger partial charge in [-0.15, -0.1) is 11.3 Å². The molecule has 100 valence electrons. The van der Waals surface area contributed by atoms with Gasteiger partial charge in [-0.1, -0.05) is 6.42 Å². The molecule has 2 aliphatic rings. The first-order chi connectivity index (χ1) is 8.45. The van der Waals surface area contributed by atoms with Crippen molar-refractivity contribution in [3.63, 3.8) is 0 Å². The maximum atomic E-state index is 12.3. The Kier molecular flexibility index (Phi) is 2.99. The van der Waals surface area contributed by atoms with Gasteiger partial charge < -0.3 is 0 Å². The van der Waals surface area contributed by atoms with E-state index in [4.69, 9.17) is 0 Å². The van der Waals surface area contributed by atoms with Crippen LogP contribution in [0, 0.1) is 25.7 Å². The highest BCUT2D eigenvalue weighted by atomic mass is 32.2. The highest BCUT2D eigenvalue weighted by molar-refractivity contribution is 7.91. The van der Waals surface area contributed by atoms with Crippen LogP contribution in [-0.4, -0.2) is 19.4 Å². The fourth-order valence-electron chi connectivity index (χ4n) is 3.20. The van der Waals surface area contributed by atoms with Gasteiger partial charge in [-0.25, -0.2) is 18.1 Å². The Bertz CT molecular complexity index is 545. The molecule has 0 spiro atoms. The standard InChI is InChI=1S/C12H18N2O2S2/c1-7-8(2)17-12(13-7)18(15,16)14-11-6-9-3-4-10(11)5-9/h9-11,14H,3-6H2,1-2H3. The molecule has 1 heterocycles. The van der Waals surface area contributed by atoms with Gasteiger partial charge in [-0.2, -0.15) is 0 Å². The summed E-state index contributed by atoms with van der Waals surface area (Å²) in [6.07, 6.45) is 4.66. The zero-order valence-corrected chi connectivity index (χ0v) is 12.3. The van der Waals surface area contributed by atoms with Crippen molar-refractivity contribution >= 4 is 21.4 Å². The highest BCUT2D eigenvalue weighted by Crippen LogP contribution is 2.44. The summed E-state index contributed by atoms with van der Waals surface area (Å²) in [4.78, 5) is 5.13. The molecule has 2 aliphatic carbocycles. The SMILES string of the molecule is Cc1nc(S(=O)(=O)NC2CC3CCC2C3)sc1C. The summed E-state index contributed by atoms with van der Waals surface area (Å²) >= 11 is 1.26. The molecule has 3 unspecified atom stereocenters. The van der Waals surface area contributed by atoms with Crippen LogP contribution in [0.5, 0.6) is 0 Å². The zero-order valence-electron chi connectivity index (χ0n) is 10.6. The van der Waals surface area contributed by atoms with Crippen molar-refractivity contribution in [2.45, 2.75) is 49.9 Å². The average Bonchev–Trinajstić information content (AvgIpc) is 2.95. The number of nitrogens with zero attached hydrogens (tertiary/aromatic N) is 1. The summed E-state index contributed by atoms with van der Waals surface area (Å²) < 4.78 is 27.6.